The van der Waals surface area contributed by atoms with Crippen LogP contribution in [0, 0.1) is 13.8 Å². The summed E-state index contributed by atoms with van der Waals surface area (Å²) in [6, 6.07) is 17.6. The molecule has 2 heterocycles. The van der Waals surface area contributed by atoms with E-state index in [1.54, 1.807) is 30.1 Å². The highest BCUT2D eigenvalue weighted by Gasteiger charge is 2.09. The molecule has 6 nitrogen and oxygen atoms in total. The zero-order valence-corrected chi connectivity index (χ0v) is 16.9. The van der Waals surface area contributed by atoms with E-state index >= 15 is 0 Å². The molecular formula is C22H19N5OS. The monoisotopic (exact) mass is 401 g/mol. The molecule has 0 spiro atoms. The number of hydrogen-bond donors (Lipinski definition) is 1. The van der Waals surface area contributed by atoms with Gasteiger partial charge in [0.25, 0.3) is 5.91 Å². The van der Waals surface area contributed by atoms with Crippen LogP contribution in [0.3, 0.4) is 0 Å². The van der Waals surface area contributed by atoms with Crippen LogP contribution in [0.4, 0.5) is 5.69 Å². The molecule has 2 aromatic carbocycles. The van der Waals surface area contributed by atoms with E-state index in [1.807, 2.05) is 24.3 Å². The maximum Gasteiger partial charge on any atom is 0.255 e. The highest BCUT2D eigenvalue weighted by atomic mass is 32.2. The Morgan fingerprint density at radius 3 is 2.59 bits per heavy atom. The van der Waals surface area contributed by atoms with Crippen LogP contribution in [-0.2, 0) is 0 Å². The zero-order chi connectivity index (χ0) is 20.2. The van der Waals surface area contributed by atoms with Gasteiger partial charge in [0.2, 0.25) is 0 Å². The number of anilines is 1. The summed E-state index contributed by atoms with van der Waals surface area (Å²) in [5.41, 5.74) is 3.75. The lowest BCUT2D eigenvalue weighted by molar-refractivity contribution is 0.102. The molecule has 7 heteroatoms. The molecule has 0 aliphatic rings. The molecule has 4 aromatic rings. The second-order valence-electron chi connectivity index (χ2n) is 6.59. The fraction of sp³-hybridized carbons (Fsp3) is 0.0909. The van der Waals surface area contributed by atoms with Gasteiger partial charge >= 0.3 is 0 Å². The average molecular weight is 401 g/mol. The van der Waals surface area contributed by atoms with Crippen molar-refractivity contribution >= 4 is 23.4 Å². The first-order chi connectivity index (χ1) is 14.1. The third-order valence-electron chi connectivity index (χ3n) is 4.33. The van der Waals surface area contributed by atoms with Crippen molar-refractivity contribution in [2.24, 2.45) is 0 Å². The number of rotatable bonds is 5. The van der Waals surface area contributed by atoms with Crippen LogP contribution in [0.25, 0.3) is 5.82 Å². The lowest BCUT2D eigenvalue weighted by atomic mass is 10.2. The summed E-state index contributed by atoms with van der Waals surface area (Å²) in [6.07, 6.45) is 4.54. The van der Waals surface area contributed by atoms with Crippen molar-refractivity contribution in [1.82, 2.24) is 19.7 Å². The highest BCUT2D eigenvalue weighted by molar-refractivity contribution is 7.99. The predicted molar refractivity (Wildman–Crippen MR) is 114 cm³/mol. The molecule has 0 atom stereocenters. The minimum atomic E-state index is -0.205. The minimum Gasteiger partial charge on any atom is -0.322 e. The smallest absolute Gasteiger partial charge is 0.255 e. The van der Waals surface area contributed by atoms with Crippen LogP contribution < -0.4 is 5.32 Å². The molecule has 0 saturated carbocycles. The van der Waals surface area contributed by atoms with E-state index in [0.717, 1.165) is 10.6 Å². The van der Waals surface area contributed by atoms with Crippen molar-refractivity contribution in [3.63, 3.8) is 0 Å². The summed E-state index contributed by atoms with van der Waals surface area (Å²) in [4.78, 5) is 23.1. The van der Waals surface area contributed by atoms with Crippen LogP contribution in [0.15, 0.2) is 83.2 Å². The molecule has 144 valence electrons. The highest BCUT2D eigenvalue weighted by Crippen LogP contribution is 2.31. The first kappa shape index (κ1) is 18.9. The van der Waals surface area contributed by atoms with E-state index in [9.17, 15) is 4.79 Å². The zero-order valence-electron chi connectivity index (χ0n) is 16.0. The number of nitrogens with one attached hydrogen (secondary N) is 1. The number of pyridine rings is 1. The molecule has 0 unspecified atom stereocenters. The summed E-state index contributed by atoms with van der Waals surface area (Å²) in [5, 5.41) is 6.95. The van der Waals surface area contributed by atoms with Crippen LogP contribution in [0.5, 0.6) is 0 Å². The SMILES string of the molecule is Cc1ccc(Sc2ccc(NC(=O)c3ccnc(-n4cncn4)c3)cc2)c(C)c1. The summed E-state index contributed by atoms with van der Waals surface area (Å²) in [7, 11) is 0. The first-order valence-corrected chi connectivity index (χ1v) is 9.88. The summed E-state index contributed by atoms with van der Waals surface area (Å²) in [6.45, 7) is 4.21. The molecule has 2 aromatic heterocycles. The van der Waals surface area contributed by atoms with Crippen molar-refractivity contribution in [1.29, 1.82) is 0 Å². The van der Waals surface area contributed by atoms with Crippen LogP contribution in [0.2, 0.25) is 0 Å². The Labute approximate surface area is 173 Å². The second-order valence-corrected chi connectivity index (χ2v) is 7.71. The number of aromatic nitrogens is 4. The van der Waals surface area contributed by atoms with Crippen molar-refractivity contribution in [2.45, 2.75) is 23.6 Å². The number of carbonyl (C=O) groups is 1. The van der Waals surface area contributed by atoms with Gasteiger partial charge in [0.1, 0.15) is 12.7 Å². The maximum atomic E-state index is 12.6. The largest absolute Gasteiger partial charge is 0.322 e. The van der Waals surface area contributed by atoms with Crippen molar-refractivity contribution in [3.05, 3.63) is 90.1 Å². The van der Waals surface area contributed by atoms with Gasteiger partial charge in [-0.05, 0) is 61.9 Å². The molecule has 0 aliphatic heterocycles. The molecule has 0 bridgehead atoms. The third-order valence-corrected chi connectivity index (χ3v) is 5.52. The number of hydrogen-bond acceptors (Lipinski definition) is 5. The molecule has 1 N–H and O–H groups in total. The number of amides is 1. The van der Waals surface area contributed by atoms with Crippen molar-refractivity contribution < 1.29 is 4.79 Å². The Kier molecular flexibility index (Phi) is 5.39. The Morgan fingerprint density at radius 2 is 1.86 bits per heavy atom. The maximum absolute atomic E-state index is 12.6. The van der Waals surface area contributed by atoms with Crippen LogP contribution in [0.1, 0.15) is 21.5 Å². The molecule has 0 radical (unpaired) electrons. The minimum absolute atomic E-state index is 0.205. The van der Waals surface area contributed by atoms with Gasteiger partial charge in [0.05, 0.1) is 0 Å². The van der Waals surface area contributed by atoms with Gasteiger partial charge in [-0.15, -0.1) is 0 Å². The molecule has 0 fully saturated rings. The van der Waals surface area contributed by atoms with Gasteiger partial charge in [0, 0.05) is 27.2 Å². The summed E-state index contributed by atoms with van der Waals surface area (Å²) < 4.78 is 1.51. The van der Waals surface area contributed by atoms with Crippen molar-refractivity contribution in [3.8, 4) is 5.82 Å². The Balaban J connectivity index is 1.45. The first-order valence-electron chi connectivity index (χ1n) is 9.06. The number of carbonyl (C=O) groups excluding carboxylic acids is 1. The fourth-order valence-electron chi connectivity index (χ4n) is 2.86. The number of aryl methyl sites for hydroxylation is 2. The predicted octanol–water partition coefficient (Wildman–Crippen LogP) is 4.68. The van der Waals surface area contributed by atoms with E-state index in [4.69, 9.17) is 0 Å². The van der Waals surface area contributed by atoms with Crippen molar-refractivity contribution in [2.75, 3.05) is 5.32 Å². The Hall–Kier alpha value is -3.45. The summed E-state index contributed by atoms with van der Waals surface area (Å²) >= 11 is 1.71. The van der Waals surface area contributed by atoms with Gasteiger partial charge in [-0.3, -0.25) is 4.79 Å². The standard InChI is InChI=1S/C22H19N5OS/c1-15-3-8-20(16(2)11-15)29-19-6-4-18(5-7-19)26-22(28)17-9-10-24-21(12-17)27-14-23-13-25-27/h3-14H,1-2H3,(H,26,28). The van der Waals surface area contributed by atoms with E-state index in [1.165, 1.54) is 33.4 Å². The topological polar surface area (TPSA) is 72.7 Å². The normalized spacial score (nSPS) is 10.7. The second kappa shape index (κ2) is 8.28. The van der Waals surface area contributed by atoms with E-state index in [2.05, 4.69) is 52.4 Å². The quantitative estimate of drug-likeness (QED) is 0.525. The Bertz CT molecular complexity index is 1140. The van der Waals surface area contributed by atoms with Gasteiger partial charge < -0.3 is 5.32 Å². The van der Waals surface area contributed by atoms with Crippen LogP contribution in [-0.4, -0.2) is 25.7 Å². The Morgan fingerprint density at radius 1 is 1.03 bits per heavy atom. The van der Waals surface area contributed by atoms with E-state index in [0.29, 0.717) is 11.4 Å². The molecule has 0 saturated heterocycles. The van der Waals surface area contributed by atoms with Gasteiger partial charge in [-0.25, -0.2) is 14.6 Å². The van der Waals surface area contributed by atoms with E-state index in [-0.39, 0.29) is 5.91 Å². The molecular weight excluding hydrogens is 382 g/mol. The number of nitrogens with zero attached hydrogens (tertiary/aromatic N) is 4. The molecule has 1 amide bonds. The number of benzene rings is 2. The molecule has 4 rings (SSSR count). The molecule has 0 aliphatic carbocycles. The molecule has 29 heavy (non-hydrogen) atoms. The lowest BCUT2D eigenvalue weighted by Crippen LogP contribution is -2.13. The third kappa shape index (κ3) is 4.52. The van der Waals surface area contributed by atoms with Gasteiger partial charge in [-0.1, -0.05) is 29.5 Å². The fourth-order valence-corrected chi connectivity index (χ4v) is 3.74. The van der Waals surface area contributed by atoms with Gasteiger partial charge in [-0.2, -0.15) is 5.10 Å². The average Bonchev–Trinajstić information content (AvgIpc) is 3.26. The van der Waals surface area contributed by atoms with Gasteiger partial charge in [0.15, 0.2) is 5.82 Å². The van der Waals surface area contributed by atoms with Crippen LogP contribution >= 0.6 is 11.8 Å². The lowest BCUT2D eigenvalue weighted by Gasteiger charge is -2.09. The van der Waals surface area contributed by atoms with E-state index < -0.39 is 0 Å². The summed E-state index contributed by atoms with van der Waals surface area (Å²) in [5.74, 6) is 0.332.